The van der Waals surface area contributed by atoms with Gasteiger partial charge >= 0.3 is 5.97 Å². The van der Waals surface area contributed by atoms with Gasteiger partial charge in [0.25, 0.3) is 0 Å². The first kappa shape index (κ1) is 13.4. The van der Waals surface area contributed by atoms with Gasteiger partial charge in [-0.15, -0.1) is 0 Å². The van der Waals surface area contributed by atoms with Crippen molar-refractivity contribution in [1.82, 2.24) is 0 Å². The highest BCUT2D eigenvalue weighted by molar-refractivity contribution is 5.90. The van der Waals surface area contributed by atoms with E-state index in [9.17, 15) is 14.3 Å². The lowest BCUT2D eigenvalue weighted by atomic mass is 10.2. The summed E-state index contributed by atoms with van der Waals surface area (Å²) in [5.74, 6) is -1.94. The molecule has 1 aromatic carbocycles. The molecule has 0 fully saturated rings. The zero-order valence-electron chi connectivity index (χ0n) is 9.22. The summed E-state index contributed by atoms with van der Waals surface area (Å²) in [6.07, 6.45) is -0.898. The molecule has 1 atom stereocenters. The minimum Gasteiger partial charge on any atom is -0.490 e. The number of aliphatic hydroxyl groups is 1. The van der Waals surface area contributed by atoms with Crippen molar-refractivity contribution in [3.05, 3.63) is 29.6 Å². The van der Waals surface area contributed by atoms with Crippen LogP contribution in [0.4, 0.5) is 4.39 Å². The van der Waals surface area contributed by atoms with Crippen LogP contribution in [0, 0.1) is 5.82 Å². The Hall–Kier alpha value is -1.66. The normalized spacial score (nSPS) is 12.2. The molecule has 0 aliphatic rings. The highest BCUT2D eigenvalue weighted by atomic mass is 19.1. The molecule has 0 amide bonds. The molecule has 1 aromatic rings. The first-order valence-corrected chi connectivity index (χ1v) is 4.87. The van der Waals surface area contributed by atoms with E-state index in [0.717, 1.165) is 18.2 Å². The molecule has 0 heterocycles. The molecule has 0 aromatic heterocycles. The van der Waals surface area contributed by atoms with Gasteiger partial charge in [-0.2, -0.15) is 0 Å². The van der Waals surface area contributed by atoms with Gasteiger partial charge in [-0.25, -0.2) is 9.18 Å². The van der Waals surface area contributed by atoms with Crippen LogP contribution < -0.4 is 4.74 Å². The Kier molecular flexibility index (Phi) is 4.86. The van der Waals surface area contributed by atoms with E-state index in [1.165, 1.54) is 7.11 Å². The fourth-order valence-corrected chi connectivity index (χ4v) is 1.22. The predicted molar refractivity (Wildman–Crippen MR) is 56.7 cm³/mol. The second-order valence-electron chi connectivity index (χ2n) is 3.37. The number of carbonyl (C=O) groups is 1. The van der Waals surface area contributed by atoms with Crippen molar-refractivity contribution < 1.29 is 28.9 Å². The number of hydrogen-bond acceptors (Lipinski definition) is 4. The molecule has 1 rings (SSSR count). The monoisotopic (exact) mass is 244 g/mol. The Morgan fingerprint density at radius 1 is 1.47 bits per heavy atom. The topological polar surface area (TPSA) is 76.0 Å². The fourth-order valence-electron chi connectivity index (χ4n) is 1.22. The molecule has 0 spiro atoms. The van der Waals surface area contributed by atoms with E-state index in [4.69, 9.17) is 9.84 Å². The molecular weight excluding hydrogens is 231 g/mol. The quantitative estimate of drug-likeness (QED) is 0.777. The lowest BCUT2D eigenvalue weighted by molar-refractivity contribution is 0.0318. The van der Waals surface area contributed by atoms with Crippen molar-refractivity contribution in [2.24, 2.45) is 0 Å². The van der Waals surface area contributed by atoms with E-state index < -0.39 is 17.9 Å². The summed E-state index contributed by atoms with van der Waals surface area (Å²) in [6.45, 7) is -0.116. The SMILES string of the molecule is COCC(O)COc1cc(F)ccc1C(=O)O. The maximum absolute atomic E-state index is 12.9. The van der Waals surface area contributed by atoms with Gasteiger partial charge in [0.05, 0.1) is 6.61 Å². The van der Waals surface area contributed by atoms with Crippen LogP contribution in [0.15, 0.2) is 18.2 Å². The van der Waals surface area contributed by atoms with Crippen molar-refractivity contribution in [3.8, 4) is 5.75 Å². The third-order valence-electron chi connectivity index (χ3n) is 1.96. The zero-order chi connectivity index (χ0) is 12.8. The van der Waals surface area contributed by atoms with Gasteiger partial charge in [-0.1, -0.05) is 0 Å². The number of benzene rings is 1. The average Bonchev–Trinajstić information content (AvgIpc) is 2.26. The van der Waals surface area contributed by atoms with Crippen LogP contribution in [-0.4, -0.2) is 42.6 Å². The van der Waals surface area contributed by atoms with Crippen molar-refractivity contribution >= 4 is 5.97 Å². The Balaban J connectivity index is 2.75. The fraction of sp³-hybridized carbons (Fsp3) is 0.364. The number of rotatable bonds is 6. The van der Waals surface area contributed by atoms with E-state index in [1.54, 1.807) is 0 Å². The van der Waals surface area contributed by atoms with Crippen LogP contribution in [0.5, 0.6) is 5.75 Å². The maximum Gasteiger partial charge on any atom is 0.339 e. The zero-order valence-corrected chi connectivity index (χ0v) is 9.22. The number of carboxylic acid groups (broad SMARTS) is 1. The van der Waals surface area contributed by atoms with Crippen molar-refractivity contribution in [2.75, 3.05) is 20.3 Å². The Morgan fingerprint density at radius 3 is 2.76 bits per heavy atom. The Labute approximate surface area is 97.4 Å². The third kappa shape index (κ3) is 4.01. The van der Waals surface area contributed by atoms with Crippen LogP contribution in [0.25, 0.3) is 0 Å². The lowest BCUT2D eigenvalue weighted by Crippen LogP contribution is -2.23. The Bertz CT molecular complexity index is 393. The van der Waals surface area contributed by atoms with Crippen LogP contribution in [0.1, 0.15) is 10.4 Å². The Morgan fingerprint density at radius 2 is 2.18 bits per heavy atom. The average molecular weight is 244 g/mol. The van der Waals surface area contributed by atoms with Crippen molar-refractivity contribution in [2.45, 2.75) is 6.10 Å². The molecule has 0 saturated carbocycles. The van der Waals surface area contributed by atoms with Crippen LogP contribution >= 0.6 is 0 Å². The van der Waals surface area contributed by atoms with Crippen molar-refractivity contribution in [1.29, 1.82) is 0 Å². The largest absolute Gasteiger partial charge is 0.490 e. The molecule has 0 saturated heterocycles. The molecule has 5 nitrogen and oxygen atoms in total. The number of methoxy groups -OCH3 is 1. The number of hydrogen-bond donors (Lipinski definition) is 2. The van der Waals surface area contributed by atoms with E-state index in [-0.39, 0.29) is 24.5 Å². The summed E-state index contributed by atoms with van der Waals surface area (Å²) in [6, 6.07) is 3.10. The summed E-state index contributed by atoms with van der Waals surface area (Å²) in [4.78, 5) is 10.8. The van der Waals surface area contributed by atoms with E-state index in [0.29, 0.717) is 0 Å². The molecule has 0 bridgehead atoms. The first-order valence-electron chi connectivity index (χ1n) is 4.87. The van der Waals surface area contributed by atoms with Crippen LogP contribution in [0.3, 0.4) is 0 Å². The van der Waals surface area contributed by atoms with E-state index >= 15 is 0 Å². The molecule has 0 radical (unpaired) electrons. The van der Waals surface area contributed by atoms with E-state index in [2.05, 4.69) is 4.74 Å². The standard InChI is InChI=1S/C11H13FO5/c1-16-5-8(13)6-17-10-4-7(12)2-3-9(10)11(14)15/h2-4,8,13H,5-6H2,1H3,(H,14,15). The predicted octanol–water partition coefficient (Wildman–Crippen LogP) is 0.910. The molecule has 0 aliphatic heterocycles. The van der Waals surface area contributed by atoms with Gasteiger partial charge in [-0.3, -0.25) is 0 Å². The summed E-state index contributed by atoms with van der Waals surface area (Å²) < 4.78 is 22.6. The van der Waals surface area contributed by atoms with Gasteiger partial charge in [0.2, 0.25) is 0 Å². The minimum atomic E-state index is -1.22. The second-order valence-corrected chi connectivity index (χ2v) is 3.37. The molecule has 1 unspecified atom stereocenters. The number of ether oxygens (including phenoxy) is 2. The number of aromatic carboxylic acids is 1. The minimum absolute atomic E-state index is 0.0533. The summed E-state index contributed by atoms with van der Waals surface area (Å²) in [7, 11) is 1.41. The molecule has 17 heavy (non-hydrogen) atoms. The van der Waals surface area contributed by atoms with Gasteiger partial charge in [-0.05, 0) is 12.1 Å². The third-order valence-corrected chi connectivity index (χ3v) is 1.96. The molecular formula is C11H13FO5. The van der Waals surface area contributed by atoms with Crippen LogP contribution in [0.2, 0.25) is 0 Å². The smallest absolute Gasteiger partial charge is 0.339 e. The number of carboxylic acids is 1. The first-order chi connectivity index (χ1) is 8.04. The number of halogens is 1. The molecule has 0 aliphatic carbocycles. The summed E-state index contributed by atoms with van der Waals surface area (Å²) in [5.41, 5.74) is -0.156. The second kappa shape index (κ2) is 6.17. The van der Waals surface area contributed by atoms with Gasteiger partial charge in [0.1, 0.15) is 29.8 Å². The molecule has 6 heteroatoms. The molecule has 94 valence electrons. The summed E-state index contributed by atoms with van der Waals surface area (Å²) >= 11 is 0. The highest BCUT2D eigenvalue weighted by Gasteiger charge is 2.13. The highest BCUT2D eigenvalue weighted by Crippen LogP contribution is 2.20. The van der Waals surface area contributed by atoms with Crippen LogP contribution in [-0.2, 0) is 4.74 Å². The van der Waals surface area contributed by atoms with Crippen molar-refractivity contribution in [3.63, 3.8) is 0 Å². The maximum atomic E-state index is 12.9. The summed E-state index contributed by atoms with van der Waals surface area (Å²) in [5, 5.41) is 18.2. The van der Waals surface area contributed by atoms with Gasteiger partial charge in [0, 0.05) is 13.2 Å². The van der Waals surface area contributed by atoms with Gasteiger partial charge < -0.3 is 19.7 Å². The van der Waals surface area contributed by atoms with Gasteiger partial charge in [0.15, 0.2) is 0 Å². The molecule has 2 N–H and O–H groups in total. The van der Waals surface area contributed by atoms with E-state index in [1.807, 2.05) is 0 Å². The number of aliphatic hydroxyl groups excluding tert-OH is 1. The lowest BCUT2D eigenvalue weighted by Gasteiger charge is -2.13.